The Morgan fingerprint density at radius 2 is 1.62 bits per heavy atom. The minimum absolute atomic E-state index is 0.199. The van der Waals surface area contributed by atoms with Gasteiger partial charge in [0, 0.05) is 11.8 Å². The van der Waals surface area contributed by atoms with E-state index in [4.69, 9.17) is 0 Å². The monoisotopic (exact) mass is 212 g/mol. The largest absolute Gasteiger partial charge is 0.245 e. The number of nitrogens with zero attached hydrogens (tertiary/aromatic N) is 2. The van der Waals surface area contributed by atoms with Crippen molar-refractivity contribution in [1.82, 2.24) is 9.97 Å². The first-order valence-corrected chi connectivity index (χ1v) is 5.44. The van der Waals surface area contributed by atoms with Crippen molar-refractivity contribution in [1.29, 1.82) is 0 Å². The molecule has 2 heteroatoms. The molecule has 2 aromatic rings. The molecule has 0 bridgehead atoms. The smallest absolute Gasteiger partial charge is 0.116 e. The van der Waals surface area contributed by atoms with Crippen molar-refractivity contribution in [3.05, 3.63) is 48.4 Å². The van der Waals surface area contributed by atoms with Gasteiger partial charge in [-0.1, -0.05) is 45.0 Å². The molecule has 0 amide bonds. The van der Waals surface area contributed by atoms with Crippen LogP contribution in [0.1, 0.15) is 26.3 Å². The SMILES string of the molecule is CC(C)(C)c1ccc(-c2ccncn2)cc1. The summed E-state index contributed by atoms with van der Waals surface area (Å²) in [6.45, 7) is 6.64. The van der Waals surface area contributed by atoms with E-state index >= 15 is 0 Å². The average Bonchev–Trinajstić information content (AvgIpc) is 2.29. The van der Waals surface area contributed by atoms with Gasteiger partial charge in [-0.3, -0.25) is 0 Å². The van der Waals surface area contributed by atoms with Crippen molar-refractivity contribution >= 4 is 0 Å². The quantitative estimate of drug-likeness (QED) is 0.723. The van der Waals surface area contributed by atoms with Crippen LogP contribution in [0, 0.1) is 0 Å². The molecule has 1 aromatic heterocycles. The standard InChI is InChI=1S/C14H16N2/c1-14(2,3)12-6-4-11(5-7-12)13-8-9-15-10-16-13/h4-10H,1-3H3. The first kappa shape index (κ1) is 10.8. The molecule has 82 valence electrons. The van der Waals surface area contributed by atoms with Gasteiger partial charge in [0.2, 0.25) is 0 Å². The lowest BCUT2D eigenvalue weighted by Crippen LogP contribution is -2.10. The van der Waals surface area contributed by atoms with Crippen LogP contribution < -0.4 is 0 Å². The molecule has 0 unspecified atom stereocenters. The van der Waals surface area contributed by atoms with Gasteiger partial charge in [-0.2, -0.15) is 0 Å². The molecule has 0 saturated heterocycles. The zero-order chi connectivity index (χ0) is 11.6. The van der Waals surface area contributed by atoms with E-state index in [0.717, 1.165) is 11.3 Å². The molecule has 0 aliphatic heterocycles. The van der Waals surface area contributed by atoms with Gasteiger partial charge >= 0.3 is 0 Å². The van der Waals surface area contributed by atoms with Gasteiger partial charge in [0.15, 0.2) is 0 Å². The van der Waals surface area contributed by atoms with E-state index in [1.54, 1.807) is 12.5 Å². The van der Waals surface area contributed by atoms with E-state index in [1.807, 2.05) is 6.07 Å². The Morgan fingerprint density at radius 3 is 2.12 bits per heavy atom. The van der Waals surface area contributed by atoms with Crippen molar-refractivity contribution in [2.24, 2.45) is 0 Å². The summed E-state index contributed by atoms with van der Waals surface area (Å²) in [4.78, 5) is 8.15. The van der Waals surface area contributed by atoms with Gasteiger partial charge in [0.05, 0.1) is 5.69 Å². The molecule has 1 heterocycles. The molecule has 1 aromatic carbocycles. The van der Waals surface area contributed by atoms with Gasteiger partial charge in [-0.25, -0.2) is 9.97 Å². The number of hydrogen-bond acceptors (Lipinski definition) is 2. The topological polar surface area (TPSA) is 25.8 Å². The Labute approximate surface area is 96.4 Å². The summed E-state index contributed by atoms with van der Waals surface area (Å²) in [5.74, 6) is 0. The molecule has 0 spiro atoms. The van der Waals surface area contributed by atoms with Crippen LogP contribution in [0.3, 0.4) is 0 Å². The highest BCUT2D eigenvalue weighted by molar-refractivity contribution is 5.58. The Morgan fingerprint density at radius 1 is 0.938 bits per heavy atom. The normalized spacial score (nSPS) is 11.4. The van der Waals surface area contributed by atoms with Crippen molar-refractivity contribution in [3.8, 4) is 11.3 Å². The lowest BCUT2D eigenvalue weighted by Gasteiger charge is -2.19. The fraction of sp³-hybridized carbons (Fsp3) is 0.286. The highest BCUT2D eigenvalue weighted by Gasteiger charge is 2.12. The predicted molar refractivity (Wildman–Crippen MR) is 66.2 cm³/mol. The molecule has 2 nitrogen and oxygen atoms in total. The highest BCUT2D eigenvalue weighted by Crippen LogP contribution is 2.24. The van der Waals surface area contributed by atoms with Crippen LogP contribution in [0.4, 0.5) is 0 Å². The van der Waals surface area contributed by atoms with Crippen molar-refractivity contribution in [2.45, 2.75) is 26.2 Å². The molecule has 2 rings (SSSR count). The molecular formula is C14H16N2. The lowest BCUT2D eigenvalue weighted by molar-refractivity contribution is 0.590. The lowest BCUT2D eigenvalue weighted by atomic mass is 9.86. The minimum Gasteiger partial charge on any atom is -0.245 e. The van der Waals surface area contributed by atoms with Crippen molar-refractivity contribution < 1.29 is 0 Å². The fourth-order valence-corrected chi connectivity index (χ4v) is 1.60. The molecular weight excluding hydrogens is 196 g/mol. The van der Waals surface area contributed by atoms with Gasteiger partial charge in [-0.05, 0) is 17.0 Å². The first-order chi connectivity index (χ1) is 7.57. The summed E-state index contributed by atoms with van der Waals surface area (Å²) >= 11 is 0. The highest BCUT2D eigenvalue weighted by atomic mass is 14.8. The summed E-state index contributed by atoms with van der Waals surface area (Å²) < 4.78 is 0. The van der Waals surface area contributed by atoms with E-state index in [1.165, 1.54) is 5.56 Å². The molecule has 0 fully saturated rings. The summed E-state index contributed by atoms with van der Waals surface area (Å²) in [6.07, 6.45) is 3.34. The van der Waals surface area contributed by atoms with Crippen molar-refractivity contribution in [3.63, 3.8) is 0 Å². The Balaban J connectivity index is 2.34. The number of aromatic nitrogens is 2. The van der Waals surface area contributed by atoms with Crippen LogP contribution in [-0.4, -0.2) is 9.97 Å². The minimum atomic E-state index is 0.199. The summed E-state index contributed by atoms with van der Waals surface area (Å²) in [6, 6.07) is 10.5. The molecule has 0 aliphatic rings. The summed E-state index contributed by atoms with van der Waals surface area (Å²) in [5.41, 5.74) is 3.64. The number of rotatable bonds is 1. The third-order valence-corrected chi connectivity index (χ3v) is 2.63. The van der Waals surface area contributed by atoms with Gasteiger partial charge in [-0.15, -0.1) is 0 Å². The van der Waals surface area contributed by atoms with Crippen LogP contribution in [-0.2, 0) is 5.41 Å². The van der Waals surface area contributed by atoms with Crippen LogP contribution in [0.15, 0.2) is 42.9 Å². The van der Waals surface area contributed by atoms with E-state index < -0.39 is 0 Å². The predicted octanol–water partition coefficient (Wildman–Crippen LogP) is 3.44. The van der Waals surface area contributed by atoms with Crippen molar-refractivity contribution in [2.75, 3.05) is 0 Å². The van der Waals surface area contributed by atoms with Gasteiger partial charge in [0.25, 0.3) is 0 Å². The van der Waals surface area contributed by atoms with Crippen LogP contribution in [0.5, 0.6) is 0 Å². The molecule has 0 atom stereocenters. The molecule has 16 heavy (non-hydrogen) atoms. The van der Waals surface area contributed by atoms with E-state index in [9.17, 15) is 0 Å². The van der Waals surface area contributed by atoms with Gasteiger partial charge in [0.1, 0.15) is 6.33 Å². The van der Waals surface area contributed by atoms with E-state index in [0.29, 0.717) is 0 Å². The molecule has 0 N–H and O–H groups in total. The molecule has 0 saturated carbocycles. The zero-order valence-electron chi connectivity index (χ0n) is 9.94. The number of hydrogen-bond donors (Lipinski definition) is 0. The Bertz CT molecular complexity index is 452. The Kier molecular flexibility index (Phi) is 2.73. The maximum absolute atomic E-state index is 4.23. The zero-order valence-corrected chi connectivity index (χ0v) is 9.94. The second-order valence-electron chi connectivity index (χ2n) is 4.92. The maximum atomic E-state index is 4.23. The second kappa shape index (κ2) is 4.05. The van der Waals surface area contributed by atoms with E-state index in [2.05, 4.69) is 55.0 Å². The van der Waals surface area contributed by atoms with E-state index in [-0.39, 0.29) is 5.41 Å². The average molecular weight is 212 g/mol. The third kappa shape index (κ3) is 2.27. The maximum Gasteiger partial charge on any atom is 0.116 e. The van der Waals surface area contributed by atoms with Gasteiger partial charge < -0.3 is 0 Å². The van der Waals surface area contributed by atoms with Crippen LogP contribution >= 0.6 is 0 Å². The summed E-state index contributed by atoms with van der Waals surface area (Å²) in [5, 5.41) is 0. The van der Waals surface area contributed by atoms with Crippen LogP contribution in [0.2, 0.25) is 0 Å². The third-order valence-electron chi connectivity index (χ3n) is 2.63. The summed E-state index contributed by atoms with van der Waals surface area (Å²) in [7, 11) is 0. The Hall–Kier alpha value is -1.70. The number of benzene rings is 1. The second-order valence-corrected chi connectivity index (χ2v) is 4.92. The molecule has 0 radical (unpaired) electrons. The van der Waals surface area contributed by atoms with Crippen LogP contribution in [0.25, 0.3) is 11.3 Å². The first-order valence-electron chi connectivity index (χ1n) is 5.44. The fourth-order valence-electron chi connectivity index (χ4n) is 1.60. The molecule has 0 aliphatic carbocycles.